The second-order valence-electron chi connectivity index (χ2n) is 6.82. The van der Waals surface area contributed by atoms with Crippen LogP contribution in [-0.4, -0.2) is 31.2 Å². The largest absolute Gasteiger partial charge is 0.497 e. The van der Waals surface area contributed by atoms with Gasteiger partial charge < -0.3 is 15.0 Å². The molecule has 0 aliphatic heterocycles. The molecule has 6 nitrogen and oxygen atoms in total. The molecule has 0 saturated carbocycles. The van der Waals surface area contributed by atoms with E-state index in [1.807, 2.05) is 85.0 Å². The highest BCUT2D eigenvalue weighted by atomic mass is 16.5. The van der Waals surface area contributed by atoms with Gasteiger partial charge in [0.2, 0.25) is 5.91 Å². The van der Waals surface area contributed by atoms with E-state index >= 15 is 0 Å². The van der Waals surface area contributed by atoms with Crippen molar-refractivity contribution in [1.29, 1.82) is 5.26 Å². The number of rotatable bonds is 6. The van der Waals surface area contributed by atoms with E-state index in [1.54, 1.807) is 7.11 Å². The lowest BCUT2D eigenvalue weighted by molar-refractivity contribution is -0.115. The van der Waals surface area contributed by atoms with Crippen LogP contribution in [-0.2, 0) is 4.79 Å². The molecule has 3 rings (SSSR count). The number of methoxy groups -OCH3 is 1. The van der Waals surface area contributed by atoms with Gasteiger partial charge in [0.1, 0.15) is 17.6 Å². The Hall–Kier alpha value is -3.72. The summed E-state index contributed by atoms with van der Waals surface area (Å²) in [5.41, 5.74) is 4.00. The number of aromatic nitrogens is 1. The van der Waals surface area contributed by atoms with Crippen LogP contribution in [0, 0.1) is 25.2 Å². The lowest BCUT2D eigenvalue weighted by Crippen LogP contribution is -2.30. The number of carbonyl (C=O) groups excluding carboxylic acids is 1. The van der Waals surface area contributed by atoms with Crippen LogP contribution in [0.4, 0.5) is 11.5 Å². The van der Waals surface area contributed by atoms with Crippen molar-refractivity contribution in [1.82, 2.24) is 4.57 Å². The van der Waals surface area contributed by atoms with Gasteiger partial charge in [-0.25, -0.2) is 0 Å². The Balaban J connectivity index is 1.92. The van der Waals surface area contributed by atoms with E-state index in [0.717, 1.165) is 28.4 Å². The van der Waals surface area contributed by atoms with E-state index in [9.17, 15) is 10.1 Å². The molecule has 1 aromatic heterocycles. The maximum atomic E-state index is 12.8. The predicted molar refractivity (Wildman–Crippen MR) is 115 cm³/mol. The molecule has 3 aromatic rings. The van der Waals surface area contributed by atoms with Crippen molar-refractivity contribution in [3.63, 3.8) is 0 Å². The maximum absolute atomic E-state index is 12.8. The van der Waals surface area contributed by atoms with Gasteiger partial charge in [-0.15, -0.1) is 0 Å². The summed E-state index contributed by atoms with van der Waals surface area (Å²) in [6.45, 7) is 3.99. The first-order valence-corrected chi connectivity index (χ1v) is 9.28. The molecule has 6 heteroatoms. The molecule has 0 fully saturated rings. The molecule has 148 valence electrons. The van der Waals surface area contributed by atoms with E-state index in [-0.39, 0.29) is 12.5 Å². The number of nitrogens with zero attached hydrogens (tertiary/aromatic N) is 3. The van der Waals surface area contributed by atoms with Gasteiger partial charge in [0.05, 0.1) is 19.2 Å². The van der Waals surface area contributed by atoms with Gasteiger partial charge >= 0.3 is 0 Å². The summed E-state index contributed by atoms with van der Waals surface area (Å²) in [6.07, 6.45) is 0. The molecular formula is C23H24N4O2. The summed E-state index contributed by atoms with van der Waals surface area (Å²) in [4.78, 5) is 14.6. The van der Waals surface area contributed by atoms with Crippen molar-refractivity contribution >= 4 is 17.4 Å². The van der Waals surface area contributed by atoms with E-state index < -0.39 is 0 Å². The van der Waals surface area contributed by atoms with E-state index in [4.69, 9.17) is 4.74 Å². The van der Waals surface area contributed by atoms with Gasteiger partial charge in [0, 0.05) is 24.1 Å². The number of hydrogen-bond acceptors (Lipinski definition) is 4. The van der Waals surface area contributed by atoms with Crippen molar-refractivity contribution < 1.29 is 9.53 Å². The highest BCUT2D eigenvalue weighted by molar-refractivity contribution is 5.95. The normalized spacial score (nSPS) is 10.3. The van der Waals surface area contributed by atoms with Gasteiger partial charge in [0.15, 0.2) is 0 Å². The average molecular weight is 388 g/mol. The fraction of sp³-hybridized carbons (Fsp3) is 0.217. The Morgan fingerprint density at radius 2 is 1.79 bits per heavy atom. The summed E-state index contributed by atoms with van der Waals surface area (Å²) in [5.74, 6) is 1.03. The van der Waals surface area contributed by atoms with Gasteiger partial charge in [-0.1, -0.05) is 18.2 Å². The Morgan fingerprint density at radius 1 is 1.14 bits per heavy atom. The average Bonchev–Trinajstić information content (AvgIpc) is 2.97. The lowest BCUT2D eigenvalue weighted by Gasteiger charge is -2.19. The van der Waals surface area contributed by atoms with Gasteiger partial charge in [0.25, 0.3) is 0 Å². The van der Waals surface area contributed by atoms with Crippen molar-refractivity contribution in [2.75, 3.05) is 30.9 Å². The summed E-state index contributed by atoms with van der Waals surface area (Å²) >= 11 is 0. The molecule has 0 bridgehead atoms. The zero-order valence-electron chi connectivity index (χ0n) is 17.1. The second kappa shape index (κ2) is 8.53. The Kier molecular flexibility index (Phi) is 5.89. The molecule has 2 aromatic carbocycles. The Bertz CT molecular complexity index is 1050. The SMILES string of the molecule is COc1ccc(-n2c(C)c(C)c(C#N)c2NC(=O)CN(C)c2ccccc2)cc1. The maximum Gasteiger partial charge on any atom is 0.245 e. The standard InChI is InChI=1S/C23H24N4O2/c1-16-17(2)27(19-10-12-20(29-4)13-11-19)23(21(16)14-24)25-22(28)15-26(3)18-8-6-5-7-9-18/h5-13H,15H2,1-4H3,(H,25,28). The minimum Gasteiger partial charge on any atom is -0.497 e. The predicted octanol–water partition coefficient (Wildman–Crippen LogP) is 4.05. The molecule has 0 spiro atoms. The van der Waals surface area contributed by atoms with Crippen LogP contribution in [0.25, 0.3) is 5.69 Å². The smallest absolute Gasteiger partial charge is 0.245 e. The van der Waals surface area contributed by atoms with Crippen molar-refractivity contribution in [3.8, 4) is 17.5 Å². The van der Waals surface area contributed by atoms with Crippen LogP contribution in [0.3, 0.4) is 0 Å². The fourth-order valence-corrected chi connectivity index (χ4v) is 3.28. The third-order valence-electron chi connectivity index (χ3n) is 4.99. The van der Waals surface area contributed by atoms with E-state index in [1.165, 1.54) is 0 Å². The van der Waals surface area contributed by atoms with Crippen LogP contribution in [0.5, 0.6) is 5.75 Å². The van der Waals surface area contributed by atoms with Crippen LogP contribution in [0.1, 0.15) is 16.8 Å². The number of likely N-dealkylation sites (N-methyl/N-ethyl adjacent to an activating group) is 1. The highest BCUT2D eigenvalue weighted by Gasteiger charge is 2.21. The summed E-state index contributed by atoms with van der Waals surface area (Å²) in [6, 6.07) is 19.4. The third-order valence-corrected chi connectivity index (χ3v) is 4.99. The molecule has 0 unspecified atom stereocenters. The van der Waals surface area contributed by atoms with Crippen molar-refractivity contribution in [3.05, 3.63) is 71.4 Å². The minimum atomic E-state index is -0.194. The molecular weight excluding hydrogens is 364 g/mol. The molecule has 0 aliphatic rings. The first-order chi connectivity index (χ1) is 14.0. The first-order valence-electron chi connectivity index (χ1n) is 9.28. The Morgan fingerprint density at radius 3 is 2.38 bits per heavy atom. The number of para-hydroxylation sites is 1. The minimum absolute atomic E-state index is 0.167. The molecule has 1 heterocycles. The molecule has 0 atom stereocenters. The summed E-state index contributed by atoms with van der Waals surface area (Å²) in [5, 5.41) is 12.6. The lowest BCUT2D eigenvalue weighted by atomic mass is 10.2. The van der Waals surface area contributed by atoms with Crippen LogP contribution in [0.2, 0.25) is 0 Å². The summed E-state index contributed by atoms with van der Waals surface area (Å²) < 4.78 is 7.13. The molecule has 0 saturated heterocycles. The quantitative estimate of drug-likeness (QED) is 0.692. The monoisotopic (exact) mass is 388 g/mol. The number of amides is 1. The number of hydrogen-bond donors (Lipinski definition) is 1. The second-order valence-corrected chi connectivity index (χ2v) is 6.82. The number of anilines is 2. The van der Waals surface area contributed by atoms with Crippen LogP contribution >= 0.6 is 0 Å². The topological polar surface area (TPSA) is 70.3 Å². The number of nitrogens with one attached hydrogen (secondary N) is 1. The number of ether oxygens (including phenoxy) is 1. The fourth-order valence-electron chi connectivity index (χ4n) is 3.28. The van der Waals surface area contributed by atoms with Crippen LogP contribution < -0.4 is 15.0 Å². The van der Waals surface area contributed by atoms with E-state index in [0.29, 0.717) is 11.4 Å². The molecule has 1 N–H and O–H groups in total. The van der Waals surface area contributed by atoms with Gasteiger partial charge in [-0.05, 0) is 55.8 Å². The Labute approximate surface area is 170 Å². The van der Waals surface area contributed by atoms with E-state index in [2.05, 4.69) is 11.4 Å². The van der Waals surface area contributed by atoms with Crippen molar-refractivity contribution in [2.24, 2.45) is 0 Å². The van der Waals surface area contributed by atoms with Gasteiger partial charge in [-0.2, -0.15) is 5.26 Å². The number of carbonyl (C=O) groups is 1. The van der Waals surface area contributed by atoms with Crippen molar-refractivity contribution in [2.45, 2.75) is 13.8 Å². The molecule has 29 heavy (non-hydrogen) atoms. The first kappa shape index (κ1) is 20.0. The van der Waals surface area contributed by atoms with Gasteiger partial charge in [-0.3, -0.25) is 9.36 Å². The zero-order valence-corrected chi connectivity index (χ0v) is 17.1. The molecule has 1 amide bonds. The zero-order chi connectivity index (χ0) is 21.0. The third kappa shape index (κ3) is 4.09. The number of benzene rings is 2. The highest BCUT2D eigenvalue weighted by Crippen LogP contribution is 2.30. The number of nitriles is 1. The van der Waals surface area contributed by atoms with Crippen LogP contribution in [0.15, 0.2) is 54.6 Å². The molecule has 0 aliphatic carbocycles. The summed E-state index contributed by atoms with van der Waals surface area (Å²) in [7, 11) is 3.47. The molecule has 0 radical (unpaired) electrons.